The maximum Gasteiger partial charge on any atom is 0.252 e. The molecule has 1 aliphatic rings. The van der Waals surface area contributed by atoms with Gasteiger partial charge in [-0.25, -0.2) is 9.37 Å². The lowest BCUT2D eigenvalue weighted by molar-refractivity contribution is 0.622. The van der Waals surface area contributed by atoms with Gasteiger partial charge in [0.25, 0.3) is 5.56 Å². The molecule has 1 aliphatic heterocycles. The van der Waals surface area contributed by atoms with E-state index in [4.69, 9.17) is 0 Å². The van der Waals surface area contributed by atoms with E-state index in [0.29, 0.717) is 11.2 Å². The number of hydrogen-bond donors (Lipinski definition) is 1. The smallest absolute Gasteiger partial charge is 0.252 e. The average molecular weight is 362 g/mol. The standard InChI is InChI=1S/C18H23FN4OS/c1-13(2)25-12-15-11-17(24)21-18(20-15)23-9-7-22(8-10-23)16-5-3-14(19)4-6-16/h3-6,11,13H,7-10,12H2,1-2H3,(H,20,21,24). The molecule has 1 saturated heterocycles. The van der Waals surface area contributed by atoms with Crippen molar-refractivity contribution in [1.82, 2.24) is 9.97 Å². The molecular formula is C18H23FN4OS. The van der Waals surface area contributed by atoms with E-state index in [-0.39, 0.29) is 11.4 Å². The van der Waals surface area contributed by atoms with Crippen molar-refractivity contribution in [2.45, 2.75) is 24.9 Å². The van der Waals surface area contributed by atoms with E-state index < -0.39 is 0 Å². The first kappa shape index (κ1) is 17.8. The molecule has 0 aliphatic carbocycles. The summed E-state index contributed by atoms with van der Waals surface area (Å²) in [6, 6.07) is 8.14. The molecule has 1 aromatic carbocycles. The molecule has 2 aromatic rings. The van der Waals surface area contributed by atoms with E-state index in [1.807, 2.05) is 0 Å². The molecule has 0 spiro atoms. The van der Waals surface area contributed by atoms with Gasteiger partial charge < -0.3 is 9.80 Å². The molecule has 1 aromatic heterocycles. The number of anilines is 2. The number of nitrogens with zero attached hydrogens (tertiary/aromatic N) is 3. The van der Waals surface area contributed by atoms with Crippen molar-refractivity contribution in [3.63, 3.8) is 0 Å². The lowest BCUT2D eigenvalue weighted by Crippen LogP contribution is -2.47. The zero-order valence-electron chi connectivity index (χ0n) is 14.5. The molecule has 2 heterocycles. The van der Waals surface area contributed by atoms with Crippen molar-refractivity contribution in [3.05, 3.63) is 52.2 Å². The first-order valence-electron chi connectivity index (χ1n) is 8.48. The number of aromatic nitrogens is 2. The van der Waals surface area contributed by atoms with Crippen LogP contribution in [0.25, 0.3) is 0 Å². The quantitative estimate of drug-likeness (QED) is 0.886. The van der Waals surface area contributed by atoms with Crippen LogP contribution in [0.15, 0.2) is 35.1 Å². The monoisotopic (exact) mass is 362 g/mol. The van der Waals surface area contributed by atoms with Gasteiger partial charge in [0.15, 0.2) is 0 Å². The number of piperazine rings is 1. The third-order valence-corrected chi connectivity index (χ3v) is 5.25. The highest BCUT2D eigenvalue weighted by molar-refractivity contribution is 7.99. The van der Waals surface area contributed by atoms with Crippen LogP contribution >= 0.6 is 11.8 Å². The zero-order chi connectivity index (χ0) is 17.8. The van der Waals surface area contributed by atoms with Gasteiger partial charge in [0.05, 0.1) is 5.69 Å². The van der Waals surface area contributed by atoms with Crippen LogP contribution in [0, 0.1) is 5.82 Å². The Balaban J connectivity index is 1.66. The van der Waals surface area contributed by atoms with E-state index >= 15 is 0 Å². The molecule has 1 fully saturated rings. The lowest BCUT2D eigenvalue weighted by Gasteiger charge is -2.36. The molecule has 7 heteroatoms. The number of aromatic amines is 1. The summed E-state index contributed by atoms with van der Waals surface area (Å²) >= 11 is 1.77. The summed E-state index contributed by atoms with van der Waals surface area (Å²) < 4.78 is 13.1. The Morgan fingerprint density at radius 1 is 1.16 bits per heavy atom. The second-order valence-electron chi connectivity index (χ2n) is 6.37. The average Bonchev–Trinajstić information content (AvgIpc) is 2.60. The predicted molar refractivity (Wildman–Crippen MR) is 102 cm³/mol. The number of hydrogen-bond acceptors (Lipinski definition) is 5. The van der Waals surface area contributed by atoms with Crippen LogP contribution in [0.1, 0.15) is 19.5 Å². The van der Waals surface area contributed by atoms with Crippen LogP contribution in [-0.4, -0.2) is 41.4 Å². The van der Waals surface area contributed by atoms with E-state index in [2.05, 4.69) is 33.6 Å². The Morgan fingerprint density at radius 3 is 2.44 bits per heavy atom. The lowest BCUT2D eigenvalue weighted by atomic mass is 10.2. The van der Waals surface area contributed by atoms with Gasteiger partial charge >= 0.3 is 0 Å². The molecule has 1 N–H and O–H groups in total. The maximum atomic E-state index is 13.1. The molecule has 0 radical (unpaired) electrons. The third-order valence-electron chi connectivity index (χ3n) is 4.12. The fourth-order valence-electron chi connectivity index (χ4n) is 2.80. The fourth-order valence-corrected chi connectivity index (χ4v) is 3.45. The normalized spacial score (nSPS) is 15.0. The first-order valence-corrected chi connectivity index (χ1v) is 9.53. The van der Waals surface area contributed by atoms with Gasteiger partial charge in [-0.15, -0.1) is 0 Å². The number of rotatable bonds is 5. The van der Waals surface area contributed by atoms with Crippen molar-refractivity contribution in [2.75, 3.05) is 36.0 Å². The van der Waals surface area contributed by atoms with Gasteiger partial charge in [0.2, 0.25) is 5.95 Å². The number of H-pyrrole nitrogens is 1. The summed E-state index contributed by atoms with van der Waals surface area (Å²) in [6.07, 6.45) is 0. The van der Waals surface area contributed by atoms with Gasteiger partial charge in [-0.3, -0.25) is 9.78 Å². The summed E-state index contributed by atoms with van der Waals surface area (Å²) in [4.78, 5) is 23.7. The topological polar surface area (TPSA) is 52.2 Å². The molecule has 0 unspecified atom stereocenters. The van der Waals surface area contributed by atoms with Crippen molar-refractivity contribution in [3.8, 4) is 0 Å². The molecule has 0 saturated carbocycles. The van der Waals surface area contributed by atoms with Gasteiger partial charge in [-0.05, 0) is 29.5 Å². The van der Waals surface area contributed by atoms with Crippen LogP contribution in [0.3, 0.4) is 0 Å². The largest absolute Gasteiger partial charge is 0.368 e. The number of halogens is 1. The predicted octanol–water partition coefficient (Wildman–Crippen LogP) is 2.88. The van der Waals surface area contributed by atoms with Crippen molar-refractivity contribution < 1.29 is 4.39 Å². The molecule has 134 valence electrons. The van der Waals surface area contributed by atoms with Gasteiger partial charge in [-0.2, -0.15) is 11.8 Å². The van der Waals surface area contributed by atoms with Crippen LogP contribution in [-0.2, 0) is 5.75 Å². The minimum Gasteiger partial charge on any atom is -0.368 e. The maximum absolute atomic E-state index is 13.1. The van der Waals surface area contributed by atoms with Crippen molar-refractivity contribution in [2.24, 2.45) is 0 Å². The molecule has 25 heavy (non-hydrogen) atoms. The summed E-state index contributed by atoms with van der Waals surface area (Å²) in [5, 5.41) is 0.504. The highest BCUT2D eigenvalue weighted by Crippen LogP contribution is 2.20. The number of benzene rings is 1. The Labute approximate surface area is 151 Å². The van der Waals surface area contributed by atoms with E-state index in [0.717, 1.165) is 43.3 Å². The summed E-state index contributed by atoms with van der Waals surface area (Å²) in [5.74, 6) is 1.16. The first-order chi connectivity index (χ1) is 12.0. The molecule has 0 amide bonds. The molecule has 3 rings (SSSR count). The Bertz CT molecular complexity index is 754. The van der Waals surface area contributed by atoms with Gasteiger partial charge in [-0.1, -0.05) is 13.8 Å². The Hall–Kier alpha value is -2.02. The summed E-state index contributed by atoms with van der Waals surface area (Å²) in [5.41, 5.74) is 1.73. The SMILES string of the molecule is CC(C)SCc1cc(=O)[nH]c(N2CCN(c3ccc(F)cc3)CC2)n1. The third kappa shape index (κ3) is 4.75. The van der Waals surface area contributed by atoms with Gasteiger partial charge in [0, 0.05) is 43.7 Å². The van der Waals surface area contributed by atoms with E-state index in [1.54, 1.807) is 30.0 Å². The van der Waals surface area contributed by atoms with Crippen molar-refractivity contribution >= 4 is 23.4 Å². The Kier molecular flexibility index (Phi) is 5.63. The van der Waals surface area contributed by atoms with Crippen LogP contribution in [0.5, 0.6) is 0 Å². The van der Waals surface area contributed by atoms with E-state index in [1.165, 1.54) is 12.1 Å². The Morgan fingerprint density at radius 2 is 1.80 bits per heavy atom. The minimum atomic E-state index is -0.222. The summed E-state index contributed by atoms with van der Waals surface area (Å²) in [6.45, 7) is 7.41. The summed E-state index contributed by atoms with van der Waals surface area (Å²) in [7, 11) is 0. The molecule has 5 nitrogen and oxygen atoms in total. The number of thioether (sulfide) groups is 1. The highest BCUT2D eigenvalue weighted by atomic mass is 32.2. The second-order valence-corrected chi connectivity index (χ2v) is 7.94. The molecule has 0 bridgehead atoms. The number of nitrogens with one attached hydrogen (secondary N) is 1. The van der Waals surface area contributed by atoms with Crippen LogP contribution in [0.2, 0.25) is 0 Å². The fraction of sp³-hybridized carbons (Fsp3) is 0.444. The van der Waals surface area contributed by atoms with Crippen molar-refractivity contribution in [1.29, 1.82) is 0 Å². The van der Waals surface area contributed by atoms with Crippen LogP contribution in [0.4, 0.5) is 16.0 Å². The van der Waals surface area contributed by atoms with E-state index in [9.17, 15) is 9.18 Å². The highest BCUT2D eigenvalue weighted by Gasteiger charge is 2.19. The van der Waals surface area contributed by atoms with Gasteiger partial charge in [0.1, 0.15) is 5.82 Å². The molecular weight excluding hydrogens is 339 g/mol. The van der Waals surface area contributed by atoms with Crippen LogP contribution < -0.4 is 15.4 Å². The molecule has 0 atom stereocenters. The zero-order valence-corrected chi connectivity index (χ0v) is 15.4. The minimum absolute atomic E-state index is 0.106. The second kappa shape index (κ2) is 7.91.